The van der Waals surface area contributed by atoms with Crippen LogP contribution in [0.3, 0.4) is 0 Å². The Hall–Kier alpha value is -3.26. The van der Waals surface area contributed by atoms with E-state index in [0.717, 1.165) is 40.1 Å². The number of fused-ring (bicyclic) bond motifs is 1. The van der Waals surface area contributed by atoms with Crippen LogP contribution in [0.5, 0.6) is 11.5 Å². The van der Waals surface area contributed by atoms with Crippen molar-refractivity contribution < 1.29 is 14.3 Å². The van der Waals surface area contributed by atoms with E-state index in [1.807, 2.05) is 65.0 Å². The predicted octanol–water partition coefficient (Wildman–Crippen LogP) is 4.88. The fourth-order valence-corrected chi connectivity index (χ4v) is 3.71. The Morgan fingerprint density at radius 1 is 1.28 bits per heavy atom. The lowest BCUT2D eigenvalue weighted by molar-refractivity contribution is -0.112. The van der Waals surface area contributed by atoms with Crippen molar-refractivity contribution >= 4 is 17.7 Å². The van der Waals surface area contributed by atoms with Gasteiger partial charge in [-0.05, 0) is 64.0 Å². The van der Waals surface area contributed by atoms with E-state index < -0.39 is 5.91 Å². The van der Waals surface area contributed by atoms with Gasteiger partial charge >= 0.3 is 0 Å². The van der Waals surface area contributed by atoms with Crippen LogP contribution in [0.25, 0.3) is 6.08 Å². The average Bonchev–Trinajstić information content (AvgIpc) is 3.01. The first-order valence-electron chi connectivity index (χ1n) is 9.79. The fourth-order valence-electron chi connectivity index (χ4n) is 3.71. The molecule has 1 atom stereocenters. The van der Waals surface area contributed by atoms with Gasteiger partial charge in [0.2, 0.25) is 0 Å². The number of nitriles is 1. The van der Waals surface area contributed by atoms with Crippen LogP contribution in [-0.2, 0) is 11.2 Å². The van der Waals surface area contributed by atoms with E-state index in [0.29, 0.717) is 17.9 Å². The standard InChI is InChI=1S/C24H26N2O3/c1-6-28-21-11-18-9-17(5)29-22(18)12-19(21)10-20(13-25)24(27)26-23-15(3)7-14(2)8-16(23)4/h7-8,10-12,17H,6,9H2,1-5H3,(H,26,27)/b20-10+/t17-/m0/s1. The summed E-state index contributed by atoms with van der Waals surface area (Å²) in [5.41, 5.74) is 5.53. The number of benzene rings is 2. The molecular weight excluding hydrogens is 364 g/mol. The molecule has 0 unspecified atom stereocenters. The van der Waals surface area contributed by atoms with Crippen molar-refractivity contribution in [1.82, 2.24) is 0 Å². The van der Waals surface area contributed by atoms with Crippen LogP contribution in [0.1, 0.15) is 41.7 Å². The van der Waals surface area contributed by atoms with Crippen molar-refractivity contribution in [2.24, 2.45) is 0 Å². The van der Waals surface area contributed by atoms with Gasteiger partial charge in [0.15, 0.2) is 0 Å². The first kappa shape index (κ1) is 20.5. The minimum atomic E-state index is -0.445. The number of anilines is 1. The van der Waals surface area contributed by atoms with E-state index in [9.17, 15) is 10.1 Å². The Labute approximate surface area is 172 Å². The molecule has 0 fully saturated rings. The van der Waals surface area contributed by atoms with Crippen LogP contribution in [0, 0.1) is 32.1 Å². The molecule has 5 nitrogen and oxygen atoms in total. The highest BCUT2D eigenvalue weighted by atomic mass is 16.5. The van der Waals surface area contributed by atoms with E-state index in [-0.39, 0.29) is 11.7 Å². The van der Waals surface area contributed by atoms with Crippen LogP contribution >= 0.6 is 0 Å². The maximum atomic E-state index is 12.8. The van der Waals surface area contributed by atoms with Crippen LogP contribution in [0.15, 0.2) is 29.8 Å². The molecule has 0 radical (unpaired) electrons. The molecule has 2 aromatic carbocycles. The maximum absolute atomic E-state index is 12.8. The lowest BCUT2D eigenvalue weighted by Crippen LogP contribution is -2.15. The smallest absolute Gasteiger partial charge is 0.266 e. The zero-order chi connectivity index (χ0) is 21.1. The first-order chi connectivity index (χ1) is 13.8. The SMILES string of the molecule is CCOc1cc2c(cc1/C=C(\C#N)C(=O)Nc1c(C)cc(C)cc1C)O[C@@H](C)C2. The van der Waals surface area contributed by atoms with Crippen molar-refractivity contribution in [3.63, 3.8) is 0 Å². The number of rotatable bonds is 5. The highest BCUT2D eigenvalue weighted by Crippen LogP contribution is 2.36. The van der Waals surface area contributed by atoms with Gasteiger partial charge in [-0.3, -0.25) is 4.79 Å². The number of nitrogens with zero attached hydrogens (tertiary/aromatic N) is 1. The van der Waals surface area contributed by atoms with E-state index in [1.165, 1.54) is 0 Å². The lowest BCUT2D eigenvalue weighted by Gasteiger charge is -2.13. The quantitative estimate of drug-likeness (QED) is 0.583. The normalized spacial score (nSPS) is 15.3. The zero-order valence-corrected chi connectivity index (χ0v) is 17.6. The number of carbonyl (C=O) groups is 1. The number of amides is 1. The minimum Gasteiger partial charge on any atom is -0.493 e. The van der Waals surface area contributed by atoms with Gasteiger partial charge in [0, 0.05) is 23.2 Å². The minimum absolute atomic E-state index is 0.0105. The monoisotopic (exact) mass is 390 g/mol. The number of hydrogen-bond acceptors (Lipinski definition) is 4. The molecule has 1 amide bonds. The summed E-state index contributed by atoms with van der Waals surface area (Å²) in [4.78, 5) is 12.8. The van der Waals surface area contributed by atoms with Crippen molar-refractivity contribution in [3.05, 3.63) is 57.7 Å². The molecule has 1 heterocycles. The second-order valence-corrected chi connectivity index (χ2v) is 7.46. The number of nitrogens with one attached hydrogen (secondary N) is 1. The van der Waals surface area contributed by atoms with Crippen LogP contribution in [0.4, 0.5) is 5.69 Å². The summed E-state index contributed by atoms with van der Waals surface area (Å²) in [6.07, 6.45) is 2.48. The van der Waals surface area contributed by atoms with Gasteiger partial charge in [0.1, 0.15) is 29.2 Å². The summed E-state index contributed by atoms with van der Waals surface area (Å²) < 4.78 is 11.6. The molecule has 0 saturated carbocycles. The number of carbonyl (C=O) groups excluding carboxylic acids is 1. The molecule has 2 aromatic rings. The summed E-state index contributed by atoms with van der Waals surface area (Å²) in [7, 11) is 0. The number of ether oxygens (including phenoxy) is 2. The molecule has 29 heavy (non-hydrogen) atoms. The first-order valence-corrected chi connectivity index (χ1v) is 9.79. The summed E-state index contributed by atoms with van der Waals surface area (Å²) in [5.74, 6) is 0.974. The molecule has 1 aliphatic heterocycles. The largest absolute Gasteiger partial charge is 0.493 e. The lowest BCUT2D eigenvalue weighted by atomic mass is 10.0. The van der Waals surface area contributed by atoms with Crippen LogP contribution < -0.4 is 14.8 Å². The van der Waals surface area contributed by atoms with Gasteiger partial charge in [-0.2, -0.15) is 5.26 Å². The fraction of sp³-hybridized carbons (Fsp3) is 0.333. The van der Waals surface area contributed by atoms with Gasteiger partial charge in [-0.1, -0.05) is 17.7 Å². The molecular formula is C24H26N2O3. The van der Waals surface area contributed by atoms with Crippen molar-refractivity contribution in [2.75, 3.05) is 11.9 Å². The maximum Gasteiger partial charge on any atom is 0.266 e. The molecule has 1 N–H and O–H groups in total. The third kappa shape index (κ3) is 4.43. The van der Waals surface area contributed by atoms with E-state index in [1.54, 1.807) is 6.08 Å². The Kier molecular flexibility index (Phi) is 5.93. The molecule has 1 aliphatic rings. The second-order valence-electron chi connectivity index (χ2n) is 7.46. The Morgan fingerprint density at radius 3 is 2.59 bits per heavy atom. The molecule has 0 aromatic heterocycles. The predicted molar refractivity (Wildman–Crippen MR) is 114 cm³/mol. The van der Waals surface area contributed by atoms with Crippen molar-refractivity contribution in [2.45, 2.75) is 47.1 Å². The van der Waals surface area contributed by atoms with Gasteiger partial charge in [0.05, 0.1) is 6.61 Å². The summed E-state index contributed by atoms with van der Waals surface area (Å²) in [6, 6.07) is 9.81. The summed E-state index contributed by atoms with van der Waals surface area (Å²) in [5, 5.41) is 12.5. The van der Waals surface area contributed by atoms with Crippen LogP contribution in [0.2, 0.25) is 0 Å². The summed E-state index contributed by atoms with van der Waals surface area (Å²) >= 11 is 0. The summed E-state index contributed by atoms with van der Waals surface area (Å²) in [6.45, 7) is 10.3. The van der Waals surface area contributed by atoms with Crippen molar-refractivity contribution in [3.8, 4) is 17.6 Å². The number of hydrogen-bond donors (Lipinski definition) is 1. The highest BCUT2D eigenvalue weighted by Gasteiger charge is 2.22. The number of aryl methyl sites for hydroxylation is 3. The molecule has 0 saturated heterocycles. The molecule has 0 spiro atoms. The third-order valence-electron chi connectivity index (χ3n) is 4.91. The van der Waals surface area contributed by atoms with Gasteiger partial charge in [-0.15, -0.1) is 0 Å². The topological polar surface area (TPSA) is 71.3 Å². The van der Waals surface area contributed by atoms with Crippen LogP contribution in [-0.4, -0.2) is 18.6 Å². The molecule has 3 rings (SSSR count). The molecule has 0 bridgehead atoms. The molecule has 5 heteroatoms. The molecule has 0 aliphatic carbocycles. The highest BCUT2D eigenvalue weighted by molar-refractivity contribution is 6.10. The Bertz CT molecular complexity index is 1010. The zero-order valence-electron chi connectivity index (χ0n) is 17.6. The average molecular weight is 390 g/mol. The van der Waals surface area contributed by atoms with Gasteiger partial charge < -0.3 is 14.8 Å². The third-order valence-corrected chi connectivity index (χ3v) is 4.91. The second kappa shape index (κ2) is 8.40. The van der Waals surface area contributed by atoms with Gasteiger partial charge in [0.25, 0.3) is 5.91 Å². The van der Waals surface area contributed by atoms with E-state index in [2.05, 4.69) is 5.32 Å². The van der Waals surface area contributed by atoms with Crippen molar-refractivity contribution in [1.29, 1.82) is 5.26 Å². The van der Waals surface area contributed by atoms with Gasteiger partial charge in [-0.25, -0.2) is 0 Å². The Morgan fingerprint density at radius 2 is 1.97 bits per heavy atom. The van der Waals surface area contributed by atoms with E-state index >= 15 is 0 Å². The van der Waals surface area contributed by atoms with E-state index in [4.69, 9.17) is 9.47 Å². The Balaban J connectivity index is 1.95. The molecule has 150 valence electrons.